The lowest BCUT2D eigenvalue weighted by Crippen LogP contribution is -2.26. The number of nitro groups is 1. The third-order valence-electron chi connectivity index (χ3n) is 2.28. The van der Waals surface area contributed by atoms with Crippen LogP contribution in [0.4, 0.5) is 15.8 Å². The number of non-ortho nitro benzene ring substituents is 1. The molecule has 0 N–H and O–H groups in total. The van der Waals surface area contributed by atoms with E-state index in [4.69, 9.17) is 15.7 Å². The molecule has 1 aromatic carbocycles. The molecule has 0 unspecified atom stereocenters. The minimum atomic E-state index is -0.638. The van der Waals surface area contributed by atoms with Crippen LogP contribution in [0.15, 0.2) is 18.2 Å². The molecular formula is C10H11B2FN2O2. The maximum atomic E-state index is 13.7. The number of nitro benzene ring substituents is 1. The van der Waals surface area contributed by atoms with Gasteiger partial charge in [0.1, 0.15) is 0 Å². The van der Waals surface area contributed by atoms with Gasteiger partial charge in [0, 0.05) is 19.2 Å². The van der Waals surface area contributed by atoms with E-state index < -0.39 is 10.7 Å². The quantitative estimate of drug-likeness (QED) is 0.426. The lowest BCUT2D eigenvalue weighted by atomic mass is 10.0. The van der Waals surface area contributed by atoms with E-state index in [1.807, 2.05) is 0 Å². The van der Waals surface area contributed by atoms with E-state index in [2.05, 4.69) is 0 Å². The van der Waals surface area contributed by atoms with Crippen LogP contribution in [0.5, 0.6) is 0 Å². The van der Waals surface area contributed by atoms with Gasteiger partial charge in [-0.25, -0.2) is 4.39 Å². The van der Waals surface area contributed by atoms with Crippen molar-refractivity contribution in [3.05, 3.63) is 34.1 Å². The van der Waals surface area contributed by atoms with Crippen molar-refractivity contribution in [3.63, 3.8) is 0 Å². The summed E-state index contributed by atoms with van der Waals surface area (Å²) in [5.74, 6) is -0.638. The average Bonchev–Trinajstić information content (AvgIpc) is 2.28. The predicted octanol–water partition coefficient (Wildman–Crippen LogP) is 1.71. The second kappa shape index (κ2) is 6.27. The second-order valence-corrected chi connectivity index (χ2v) is 3.46. The minimum Gasteiger partial charge on any atom is -0.371 e. The molecule has 0 saturated heterocycles. The van der Waals surface area contributed by atoms with Crippen molar-refractivity contribution in [2.45, 2.75) is 12.6 Å². The molecule has 0 spiro atoms. The van der Waals surface area contributed by atoms with Crippen molar-refractivity contribution in [1.29, 1.82) is 0 Å². The standard InChI is InChI=1S/C10H11B2FN2O2/c11-3-5-14(6-4-12)10-2-1-8(15(16)17)7-9(10)13/h1-2,7H,3-6H2. The molecule has 0 saturated carbocycles. The number of nitrogens with zero attached hydrogens (tertiary/aromatic N) is 2. The van der Waals surface area contributed by atoms with Gasteiger partial charge < -0.3 is 4.90 Å². The fourth-order valence-electron chi connectivity index (χ4n) is 1.53. The Morgan fingerprint density at radius 1 is 1.29 bits per heavy atom. The lowest BCUT2D eigenvalue weighted by Gasteiger charge is -2.24. The van der Waals surface area contributed by atoms with Gasteiger partial charge in [-0.1, -0.05) is 12.6 Å². The van der Waals surface area contributed by atoms with Crippen LogP contribution in [-0.2, 0) is 0 Å². The van der Waals surface area contributed by atoms with Gasteiger partial charge in [-0.05, 0) is 6.07 Å². The molecule has 1 aromatic rings. The third-order valence-corrected chi connectivity index (χ3v) is 2.28. The van der Waals surface area contributed by atoms with E-state index in [0.717, 1.165) is 6.07 Å². The smallest absolute Gasteiger partial charge is 0.272 e. The summed E-state index contributed by atoms with van der Waals surface area (Å²) in [5, 5.41) is 10.5. The Kier molecular flexibility index (Phi) is 5.00. The fraction of sp³-hybridized carbons (Fsp3) is 0.400. The maximum Gasteiger partial charge on any atom is 0.272 e. The molecule has 7 heteroatoms. The molecule has 4 nitrogen and oxygen atoms in total. The van der Waals surface area contributed by atoms with Crippen molar-refractivity contribution < 1.29 is 9.31 Å². The Hall–Kier alpha value is -1.52. The van der Waals surface area contributed by atoms with Crippen LogP contribution in [0.1, 0.15) is 0 Å². The average molecular weight is 232 g/mol. The van der Waals surface area contributed by atoms with Crippen LogP contribution in [0.2, 0.25) is 12.6 Å². The monoisotopic (exact) mass is 232 g/mol. The van der Waals surface area contributed by atoms with Gasteiger partial charge >= 0.3 is 0 Å². The molecule has 4 radical (unpaired) electrons. The Balaban J connectivity index is 2.99. The van der Waals surface area contributed by atoms with Crippen molar-refractivity contribution in [2.24, 2.45) is 0 Å². The Morgan fingerprint density at radius 2 is 1.88 bits per heavy atom. The molecule has 0 aliphatic rings. The van der Waals surface area contributed by atoms with E-state index in [-0.39, 0.29) is 11.4 Å². The first-order valence-corrected chi connectivity index (χ1v) is 5.19. The fourth-order valence-corrected chi connectivity index (χ4v) is 1.53. The van der Waals surface area contributed by atoms with Crippen LogP contribution >= 0.6 is 0 Å². The van der Waals surface area contributed by atoms with Crippen molar-refractivity contribution in [3.8, 4) is 0 Å². The van der Waals surface area contributed by atoms with Gasteiger partial charge in [-0.2, -0.15) is 0 Å². The summed E-state index contributed by atoms with van der Waals surface area (Å²) in [6.45, 7) is 0.901. The van der Waals surface area contributed by atoms with Gasteiger partial charge in [-0.3, -0.25) is 10.1 Å². The lowest BCUT2D eigenvalue weighted by molar-refractivity contribution is -0.385. The summed E-state index contributed by atoms with van der Waals surface area (Å²) in [5.41, 5.74) is 0.0122. The SMILES string of the molecule is [B]CCN(CC[B])c1ccc([N+](=O)[O-])cc1F. The molecule has 0 atom stereocenters. The molecule has 0 aromatic heterocycles. The molecule has 0 aliphatic carbocycles. The van der Waals surface area contributed by atoms with Crippen LogP contribution in [0, 0.1) is 15.9 Å². The molecule has 86 valence electrons. The molecule has 0 amide bonds. The molecule has 0 bridgehead atoms. The third kappa shape index (κ3) is 3.47. The second-order valence-electron chi connectivity index (χ2n) is 3.46. The number of anilines is 1. The largest absolute Gasteiger partial charge is 0.371 e. The van der Waals surface area contributed by atoms with E-state index in [9.17, 15) is 14.5 Å². The van der Waals surface area contributed by atoms with Gasteiger partial charge in [0.15, 0.2) is 5.82 Å². The van der Waals surface area contributed by atoms with Crippen molar-refractivity contribution in [1.82, 2.24) is 0 Å². The molecule has 17 heavy (non-hydrogen) atoms. The van der Waals surface area contributed by atoms with E-state index in [0.29, 0.717) is 25.7 Å². The van der Waals surface area contributed by atoms with Gasteiger partial charge in [0.2, 0.25) is 0 Å². The summed E-state index contributed by atoms with van der Waals surface area (Å²) >= 11 is 0. The van der Waals surface area contributed by atoms with Gasteiger partial charge in [0.25, 0.3) is 5.69 Å². The first kappa shape index (κ1) is 13.5. The van der Waals surface area contributed by atoms with E-state index in [1.54, 1.807) is 4.90 Å². The highest BCUT2D eigenvalue weighted by molar-refractivity contribution is 6.09. The summed E-state index contributed by atoms with van der Waals surface area (Å²) in [4.78, 5) is 11.5. The van der Waals surface area contributed by atoms with E-state index >= 15 is 0 Å². The molecule has 0 fully saturated rings. The maximum absolute atomic E-state index is 13.7. The Labute approximate surface area is 102 Å². The highest BCUT2D eigenvalue weighted by Gasteiger charge is 2.14. The molecule has 1 rings (SSSR count). The first-order chi connectivity index (χ1) is 8.10. The zero-order valence-electron chi connectivity index (χ0n) is 9.30. The van der Waals surface area contributed by atoms with Crippen LogP contribution in [-0.4, -0.2) is 33.7 Å². The zero-order valence-corrected chi connectivity index (χ0v) is 9.30. The first-order valence-electron chi connectivity index (χ1n) is 5.19. The molecule has 0 heterocycles. The minimum absolute atomic E-state index is 0.272. The highest BCUT2D eigenvalue weighted by Crippen LogP contribution is 2.24. The number of hydrogen-bond acceptors (Lipinski definition) is 3. The number of benzene rings is 1. The molecule has 0 aliphatic heterocycles. The number of halogens is 1. The van der Waals surface area contributed by atoms with Gasteiger partial charge in [-0.15, -0.1) is 0 Å². The summed E-state index contributed by atoms with van der Waals surface area (Å²) in [6, 6.07) is 3.53. The Bertz CT molecular complexity index is 398. The summed E-state index contributed by atoms with van der Waals surface area (Å²) < 4.78 is 13.7. The van der Waals surface area contributed by atoms with Crippen LogP contribution in [0.25, 0.3) is 0 Å². The Morgan fingerprint density at radius 3 is 2.29 bits per heavy atom. The normalized spacial score (nSPS) is 10.2. The van der Waals surface area contributed by atoms with Crippen molar-refractivity contribution >= 4 is 27.1 Å². The van der Waals surface area contributed by atoms with Gasteiger partial charge in [0.05, 0.1) is 32.4 Å². The topological polar surface area (TPSA) is 46.4 Å². The van der Waals surface area contributed by atoms with Crippen LogP contribution < -0.4 is 4.90 Å². The number of rotatable bonds is 6. The highest BCUT2D eigenvalue weighted by atomic mass is 19.1. The molecular weight excluding hydrogens is 221 g/mol. The zero-order chi connectivity index (χ0) is 12.8. The van der Waals surface area contributed by atoms with Crippen LogP contribution in [0.3, 0.4) is 0 Å². The predicted molar refractivity (Wildman–Crippen MR) is 66.4 cm³/mol. The number of hydrogen-bond donors (Lipinski definition) is 0. The van der Waals surface area contributed by atoms with Crippen molar-refractivity contribution in [2.75, 3.05) is 18.0 Å². The summed E-state index contributed by atoms with van der Waals surface area (Å²) in [7, 11) is 10.8. The summed E-state index contributed by atoms with van der Waals surface area (Å²) in [6.07, 6.45) is 0.715. The van der Waals surface area contributed by atoms with E-state index in [1.165, 1.54) is 12.1 Å².